The van der Waals surface area contributed by atoms with Crippen LogP contribution in [0.1, 0.15) is 17.4 Å². The lowest BCUT2D eigenvalue weighted by atomic mass is 10.3. The minimum Gasteiger partial charge on any atom is -0.392 e. The number of nitrogens with zero attached hydrogens (tertiary/aromatic N) is 3. The lowest BCUT2D eigenvalue weighted by Gasteiger charge is -2.18. The Hall–Kier alpha value is -1.43. The minimum atomic E-state index is -0.147. The molecule has 1 rings (SSSR count). The molecule has 15 heavy (non-hydrogen) atoms. The molecule has 1 heterocycles. The van der Waals surface area contributed by atoms with E-state index < -0.39 is 0 Å². The maximum absolute atomic E-state index is 11.9. The predicted octanol–water partition coefficient (Wildman–Crippen LogP) is 0.168. The first-order chi connectivity index (χ1) is 7.04. The molecule has 1 aromatic rings. The van der Waals surface area contributed by atoms with Gasteiger partial charge in [0.05, 0.1) is 11.5 Å². The molecule has 0 saturated carbocycles. The molecule has 0 atom stereocenters. The number of aryl methyl sites for hydroxylation is 1. The van der Waals surface area contributed by atoms with Gasteiger partial charge in [0.15, 0.2) is 0 Å². The zero-order chi connectivity index (χ0) is 11.4. The molecular weight excluding hydrogens is 212 g/mol. The fourth-order valence-electron chi connectivity index (χ4n) is 1.21. The van der Waals surface area contributed by atoms with Crippen LogP contribution in [0.3, 0.4) is 0 Å². The number of aromatic nitrogens is 2. The number of carbonyl (C=O) groups is 1. The molecule has 0 spiro atoms. The molecule has 1 aromatic heterocycles. The van der Waals surface area contributed by atoms with Crippen LogP contribution in [0.4, 0.5) is 0 Å². The van der Waals surface area contributed by atoms with E-state index in [0.29, 0.717) is 23.8 Å². The van der Waals surface area contributed by atoms with E-state index in [1.165, 1.54) is 0 Å². The first-order valence-corrected chi connectivity index (χ1v) is 5.02. The Balaban J connectivity index is 2.77. The topological polar surface area (TPSA) is 64.2 Å². The van der Waals surface area contributed by atoms with Crippen LogP contribution in [0.15, 0.2) is 12.3 Å². The monoisotopic (exact) mass is 226 g/mol. The Labute approximate surface area is 93.8 Å². The van der Waals surface area contributed by atoms with Gasteiger partial charge in [-0.25, -0.2) is 0 Å². The van der Waals surface area contributed by atoms with Crippen molar-refractivity contribution in [3.63, 3.8) is 0 Å². The number of amides is 1. The minimum absolute atomic E-state index is 0.147. The Morgan fingerprint density at radius 1 is 1.73 bits per heavy atom. The number of thiocarbonyl (C=S) groups is 1. The lowest BCUT2D eigenvalue weighted by molar-refractivity contribution is 0.0781. The van der Waals surface area contributed by atoms with Crippen LogP contribution in [0.25, 0.3) is 0 Å². The van der Waals surface area contributed by atoms with Crippen molar-refractivity contribution in [1.82, 2.24) is 14.7 Å². The average molecular weight is 226 g/mol. The van der Waals surface area contributed by atoms with Crippen LogP contribution in [0.2, 0.25) is 0 Å². The van der Waals surface area contributed by atoms with Crippen LogP contribution >= 0.6 is 12.2 Å². The maximum atomic E-state index is 11.9. The maximum Gasteiger partial charge on any atom is 0.274 e. The van der Waals surface area contributed by atoms with Crippen molar-refractivity contribution in [1.29, 1.82) is 0 Å². The van der Waals surface area contributed by atoms with Crippen molar-refractivity contribution in [2.24, 2.45) is 12.8 Å². The summed E-state index contributed by atoms with van der Waals surface area (Å²) in [6, 6.07) is 1.67. The van der Waals surface area contributed by atoms with Gasteiger partial charge in [0.25, 0.3) is 5.91 Å². The van der Waals surface area contributed by atoms with E-state index in [1.807, 2.05) is 6.92 Å². The predicted molar refractivity (Wildman–Crippen MR) is 61.6 cm³/mol. The van der Waals surface area contributed by atoms with Gasteiger partial charge in [-0.15, -0.1) is 0 Å². The number of carbonyl (C=O) groups excluding carboxylic acids is 1. The Morgan fingerprint density at radius 3 is 2.80 bits per heavy atom. The third kappa shape index (κ3) is 3.02. The highest BCUT2D eigenvalue weighted by Gasteiger charge is 2.16. The van der Waals surface area contributed by atoms with Gasteiger partial charge < -0.3 is 10.6 Å². The largest absolute Gasteiger partial charge is 0.392 e. The third-order valence-corrected chi connectivity index (χ3v) is 2.08. The van der Waals surface area contributed by atoms with Crippen molar-refractivity contribution in [3.8, 4) is 0 Å². The second kappa shape index (κ2) is 4.88. The molecule has 0 aromatic carbocycles. The quantitative estimate of drug-likeness (QED) is 0.743. The van der Waals surface area contributed by atoms with Crippen LogP contribution in [-0.2, 0) is 7.05 Å². The average Bonchev–Trinajstić information content (AvgIpc) is 2.60. The standard InChI is InChI=1S/C9H14N4OS/c1-3-13(6-8(10)15)9(14)7-4-5-12(2)11-7/h4-5H,3,6H2,1-2H3,(H2,10,15). The number of rotatable bonds is 4. The highest BCUT2D eigenvalue weighted by atomic mass is 32.1. The molecule has 0 unspecified atom stereocenters. The molecule has 6 heteroatoms. The SMILES string of the molecule is CCN(CC(N)=S)C(=O)c1ccn(C)n1. The van der Waals surface area contributed by atoms with Crippen molar-refractivity contribution >= 4 is 23.1 Å². The smallest absolute Gasteiger partial charge is 0.274 e. The highest BCUT2D eigenvalue weighted by molar-refractivity contribution is 7.80. The molecule has 0 saturated heterocycles. The first-order valence-electron chi connectivity index (χ1n) is 4.61. The van der Waals surface area contributed by atoms with Gasteiger partial charge in [0.1, 0.15) is 5.69 Å². The summed E-state index contributed by atoms with van der Waals surface area (Å²) in [5.74, 6) is -0.147. The summed E-state index contributed by atoms with van der Waals surface area (Å²) in [4.78, 5) is 13.7. The van der Waals surface area contributed by atoms with Crippen molar-refractivity contribution in [2.75, 3.05) is 13.1 Å². The summed E-state index contributed by atoms with van der Waals surface area (Å²) in [5, 5.41) is 4.03. The van der Waals surface area contributed by atoms with Crippen molar-refractivity contribution in [3.05, 3.63) is 18.0 Å². The van der Waals surface area contributed by atoms with Crippen LogP contribution in [-0.4, -0.2) is 38.7 Å². The Kier molecular flexibility index (Phi) is 3.79. The molecule has 0 fully saturated rings. The summed E-state index contributed by atoms with van der Waals surface area (Å²) in [5.41, 5.74) is 5.81. The van der Waals surface area contributed by atoms with Gasteiger partial charge >= 0.3 is 0 Å². The second-order valence-corrected chi connectivity index (χ2v) is 3.68. The second-order valence-electron chi connectivity index (χ2n) is 3.16. The van der Waals surface area contributed by atoms with Gasteiger partial charge in [0, 0.05) is 19.8 Å². The Bertz CT molecular complexity index is 374. The van der Waals surface area contributed by atoms with Gasteiger partial charge in [-0.05, 0) is 13.0 Å². The lowest BCUT2D eigenvalue weighted by Crippen LogP contribution is -2.37. The van der Waals surface area contributed by atoms with Crippen LogP contribution < -0.4 is 5.73 Å². The number of hydrogen-bond acceptors (Lipinski definition) is 3. The molecule has 5 nitrogen and oxygen atoms in total. The molecule has 0 bridgehead atoms. The summed E-state index contributed by atoms with van der Waals surface area (Å²) in [7, 11) is 1.76. The Morgan fingerprint density at radius 2 is 2.40 bits per heavy atom. The zero-order valence-corrected chi connectivity index (χ0v) is 9.62. The first kappa shape index (κ1) is 11.6. The van der Waals surface area contributed by atoms with E-state index in [4.69, 9.17) is 18.0 Å². The van der Waals surface area contributed by atoms with E-state index >= 15 is 0 Å². The summed E-state index contributed by atoms with van der Waals surface area (Å²) in [6.07, 6.45) is 1.72. The summed E-state index contributed by atoms with van der Waals surface area (Å²) >= 11 is 4.77. The molecule has 82 valence electrons. The highest BCUT2D eigenvalue weighted by Crippen LogP contribution is 2.01. The summed E-state index contributed by atoms with van der Waals surface area (Å²) < 4.78 is 1.59. The van der Waals surface area contributed by atoms with Gasteiger partial charge in [-0.1, -0.05) is 12.2 Å². The van der Waals surface area contributed by atoms with E-state index in [1.54, 1.807) is 28.9 Å². The summed E-state index contributed by atoms with van der Waals surface area (Å²) in [6.45, 7) is 2.73. The normalized spacial score (nSPS) is 10.0. The fourth-order valence-corrected chi connectivity index (χ4v) is 1.36. The van der Waals surface area contributed by atoms with Gasteiger partial charge in [0.2, 0.25) is 0 Å². The molecular formula is C9H14N4OS. The van der Waals surface area contributed by atoms with Gasteiger partial charge in [-0.2, -0.15) is 5.10 Å². The van der Waals surface area contributed by atoms with E-state index in [9.17, 15) is 4.79 Å². The number of hydrogen-bond donors (Lipinski definition) is 1. The van der Waals surface area contributed by atoms with Crippen molar-refractivity contribution in [2.45, 2.75) is 6.92 Å². The number of likely N-dealkylation sites (N-methyl/N-ethyl adjacent to an activating group) is 1. The van der Waals surface area contributed by atoms with E-state index in [-0.39, 0.29) is 5.91 Å². The number of nitrogens with two attached hydrogens (primary N) is 1. The van der Waals surface area contributed by atoms with E-state index in [0.717, 1.165) is 0 Å². The molecule has 0 radical (unpaired) electrons. The zero-order valence-electron chi connectivity index (χ0n) is 8.80. The van der Waals surface area contributed by atoms with Gasteiger partial charge in [-0.3, -0.25) is 9.48 Å². The van der Waals surface area contributed by atoms with Crippen LogP contribution in [0, 0.1) is 0 Å². The molecule has 2 N–H and O–H groups in total. The molecule has 0 aliphatic heterocycles. The molecule has 1 amide bonds. The molecule has 0 aliphatic carbocycles. The van der Waals surface area contributed by atoms with E-state index in [2.05, 4.69) is 5.10 Å². The van der Waals surface area contributed by atoms with Crippen LogP contribution in [0.5, 0.6) is 0 Å². The van der Waals surface area contributed by atoms with Crippen molar-refractivity contribution < 1.29 is 4.79 Å². The third-order valence-electron chi connectivity index (χ3n) is 1.95. The molecule has 0 aliphatic rings. The fraction of sp³-hybridized carbons (Fsp3) is 0.444.